The zero-order valence-corrected chi connectivity index (χ0v) is 14.5. The van der Waals surface area contributed by atoms with Gasteiger partial charge in [0.1, 0.15) is 0 Å². The van der Waals surface area contributed by atoms with Crippen LogP contribution in [0.2, 0.25) is 0 Å². The molecule has 3 aromatic rings. The molecule has 0 spiro atoms. The predicted octanol–water partition coefficient (Wildman–Crippen LogP) is 4.22. The van der Waals surface area contributed by atoms with E-state index in [1.807, 2.05) is 42.5 Å². The Hall–Kier alpha value is -3.21. The van der Waals surface area contributed by atoms with Crippen molar-refractivity contribution in [2.24, 2.45) is 0 Å². The van der Waals surface area contributed by atoms with Crippen molar-refractivity contribution < 1.29 is 18.8 Å². The van der Waals surface area contributed by atoms with Gasteiger partial charge in [0.2, 0.25) is 0 Å². The molecule has 1 amide bonds. The Morgan fingerprint density at radius 1 is 0.962 bits per heavy atom. The van der Waals surface area contributed by atoms with E-state index in [9.17, 15) is 9.36 Å². The first-order chi connectivity index (χ1) is 12.5. The Morgan fingerprint density at radius 3 is 2.31 bits per heavy atom. The fourth-order valence-corrected chi connectivity index (χ4v) is 2.73. The number of carbonyl (C=O) groups is 1. The van der Waals surface area contributed by atoms with Crippen LogP contribution in [0.5, 0.6) is 5.75 Å². The average molecular weight is 367 g/mol. The van der Waals surface area contributed by atoms with E-state index < -0.39 is 8.25 Å². The van der Waals surface area contributed by atoms with Gasteiger partial charge in [-0.1, -0.05) is 36.4 Å². The first kappa shape index (κ1) is 17.6. The molecule has 3 aromatic carbocycles. The van der Waals surface area contributed by atoms with E-state index in [2.05, 4.69) is 9.84 Å². The number of nitrogen functional groups attached to an aromatic ring is 1. The molecule has 7 heteroatoms. The Labute approximate surface area is 151 Å². The number of benzene rings is 3. The van der Waals surface area contributed by atoms with Crippen molar-refractivity contribution in [2.75, 3.05) is 11.1 Å². The van der Waals surface area contributed by atoms with Crippen LogP contribution in [-0.4, -0.2) is 10.8 Å². The average Bonchev–Trinajstić information content (AvgIpc) is 2.64. The third-order valence-corrected chi connectivity index (χ3v) is 4.08. The van der Waals surface area contributed by atoms with Gasteiger partial charge in [-0.05, 0) is 47.5 Å². The zero-order chi connectivity index (χ0) is 18.5. The van der Waals surface area contributed by atoms with Gasteiger partial charge >= 0.3 is 8.25 Å². The summed E-state index contributed by atoms with van der Waals surface area (Å²) in [5, 5.41) is 2.79. The summed E-state index contributed by atoms with van der Waals surface area (Å²) in [6.45, 7) is 0. The molecule has 0 heterocycles. The van der Waals surface area contributed by atoms with Gasteiger partial charge in [-0.15, -0.1) is 4.89 Å². The summed E-state index contributed by atoms with van der Waals surface area (Å²) in [7, 11) is -2.74. The summed E-state index contributed by atoms with van der Waals surface area (Å²) in [5.41, 5.74) is 9.26. The third kappa shape index (κ3) is 4.25. The molecule has 0 aliphatic heterocycles. The number of hydrogen-bond acceptors (Lipinski definition) is 4. The molecule has 0 aromatic heterocycles. The number of carbonyl (C=O) groups excluding carboxylic acids is 1. The van der Waals surface area contributed by atoms with Crippen molar-refractivity contribution in [1.82, 2.24) is 0 Å². The minimum absolute atomic E-state index is 0.204. The third-order valence-electron chi connectivity index (χ3n) is 3.71. The highest BCUT2D eigenvalue weighted by molar-refractivity contribution is 7.32. The van der Waals surface area contributed by atoms with Crippen molar-refractivity contribution >= 4 is 25.5 Å². The fraction of sp³-hybridized carbons (Fsp3) is 0. The number of nitrogens with two attached hydrogens (primary N) is 1. The van der Waals surface area contributed by atoms with E-state index in [1.54, 1.807) is 6.07 Å². The number of nitrogens with one attached hydrogen (secondary N) is 1. The topological polar surface area (TPSA) is 102 Å². The van der Waals surface area contributed by atoms with E-state index >= 15 is 0 Å². The summed E-state index contributed by atoms with van der Waals surface area (Å²) >= 11 is 0. The lowest BCUT2D eigenvalue weighted by molar-refractivity contribution is 0.102. The maximum Gasteiger partial charge on any atom is 0.747 e. The van der Waals surface area contributed by atoms with Crippen molar-refractivity contribution in [3.05, 3.63) is 78.4 Å². The quantitative estimate of drug-likeness (QED) is 0.463. The second-order valence-electron chi connectivity index (χ2n) is 5.48. The molecule has 0 aliphatic rings. The number of anilines is 2. The van der Waals surface area contributed by atoms with Gasteiger partial charge in [0, 0.05) is 10.1 Å². The molecule has 6 nitrogen and oxygen atoms in total. The molecule has 0 radical (unpaired) electrons. The van der Waals surface area contributed by atoms with Crippen LogP contribution in [0.25, 0.3) is 11.1 Å². The highest BCUT2D eigenvalue weighted by atomic mass is 31.1. The Kier molecular flexibility index (Phi) is 5.27. The van der Waals surface area contributed by atoms with E-state index in [0.717, 1.165) is 11.1 Å². The van der Waals surface area contributed by atoms with Crippen LogP contribution in [0.4, 0.5) is 11.4 Å². The molecular formula is C19H16N2O4P+. The Morgan fingerprint density at radius 2 is 1.65 bits per heavy atom. The van der Waals surface area contributed by atoms with E-state index in [4.69, 9.17) is 10.6 Å². The summed E-state index contributed by atoms with van der Waals surface area (Å²) in [6.07, 6.45) is 0. The van der Waals surface area contributed by atoms with E-state index in [-0.39, 0.29) is 11.7 Å². The number of amides is 1. The van der Waals surface area contributed by atoms with Gasteiger partial charge in [-0.2, -0.15) is 0 Å². The molecule has 3 rings (SSSR count). The minimum Gasteiger partial charge on any atom is -0.397 e. The molecule has 0 aliphatic carbocycles. The molecular weight excluding hydrogens is 351 g/mol. The maximum atomic E-state index is 12.4. The molecule has 1 unspecified atom stereocenters. The monoisotopic (exact) mass is 367 g/mol. The fourth-order valence-electron chi connectivity index (χ4n) is 2.43. The lowest BCUT2D eigenvalue weighted by Crippen LogP contribution is -2.13. The second kappa shape index (κ2) is 7.78. The van der Waals surface area contributed by atoms with Gasteiger partial charge in [0.15, 0.2) is 5.75 Å². The zero-order valence-electron chi connectivity index (χ0n) is 13.6. The van der Waals surface area contributed by atoms with Crippen molar-refractivity contribution in [3.63, 3.8) is 0 Å². The molecule has 130 valence electrons. The molecule has 26 heavy (non-hydrogen) atoms. The summed E-state index contributed by atoms with van der Waals surface area (Å²) in [4.78, 5) is 21.2. The molecule has 0 bridgehead atoms. The van der Waals surface area contributed by atoms with E-state index in [1.165, 1.54) is 24.3 Å². The van der Waals surface area contributed by atoms with Crippen LogP contribution >= 0.6 is 8.25 Å². The standard InChI is InChI=1S/C19H15N2O4P/c20-17-11-8-15(13-4-2-1-3-5-13)12-18(17)21-19(22)14-6-9-16(10-7-14)25-26(23)24/h1-12H,20H2,(H-,21,22,23,24)/p+1. The van der Waals surface area contributed by atoms with E-state index in [0.29, 0.717) is 16.9 Å². The van der Waals surface area contributed by atoms with Crippen LogP contribution in [0.15, 0.2) is 72.8 Å². The number of rotatable bonds is 5. The van der Waals surface area contributed by atoms with Crippen molar-refractivity contribution in [2.45, 2.75) is 0 Å². The van der Waals surface area contributed by atoms with Crippen LogP contribution in [0.1, 0.15) is 10.4 Å². The lowest BCUT2D eigenvalue weighted by atomic mass is 10.0. The van der Waals surface area contributed by atoms with Crippen LogP contribution in [0.3, 0.4) is 0 Å². The molecule has 1 atom stereocenters. The first-order valence-electron chi connectivity index (χ1n) is 7.73. The Balaban J connectivity index is 1.79. The summed E-state index contributed by atoms with van der Waals surface area (Å²) < 4.78 is 15.3. The van der Waals surface area contributed by atoms with Gasteiger partial charge in [-0.3, -0.25) is 4.79 Å². The predicted molar refractivity (Wildman–Crippen MR) is 101 cm³/mol. The van der Waals surface area contributed by atoms with Crippen molar-refractivity contribution in [3.8, 4) is 16.9 Å². The normalized spacial score (nSPS) is 10.9. The SMILES string of the molecule is Nc1ccc(-c2ccccc2)cc1NC(=O)c1ccc(O[P+](=O)O)cc1. The molecule has 0 saturated heterocycles. The van der Waals surface area contributed by atoms with Crippen LogP contribution < -0.4 is 15.6 Å². The smallest absolute Gasteiger partial charge is 0.397 e. The molecule has 0 saturated carbocycles. The molecule has 0 fully saturated rings. The summed E-state index contributed by atoms with van der Waals surface area (Å²) in [5.74, 6) is -0.141. The van der Waals surface area contributed by atoms with Crippen molar-refractivity contribution in [1.29, 1.82) is 0 Å². The highest BCUT2D eigenvalue weighted by Crippen LogP contribution is 2.28. The van der Waals surface area contributed by atoms with Crippen LogP contribution in [0, 0.1) is 0 Å². The maximum absolute atomic E-state index is 12.4. The molecule has 4 N–H and O–H groups in total. The first-order valence-corrected chi connectivity index (χ1v) is 8.86. The highest BCUT2D eigenvalue weighted by Gasteiger charge is 2.15. The minimum atomic E-state index is -2.74. The lowest BCUT2D eigenvalue weighted by Gasteiger charge is -2.11. The number of hydrogen-bond donors (Lipinski definition) is 3. The van der Waals surface area contributed by atoms with Gasteiger partial charge in [0.25, 0.3) is 5.91 Å². The van der Waals surface area contributed by atoms with Gasteiger partial charge in [0.05, 0.1) is 11.4 Å². The Bertz CT molecular complexity index is 944. The largest absolute Gasteiger partial charge is 0.747 e. The second-order valence-corrected chi connectivity index (χ2v) is 6.13. The van der Waals surface area contributed by atoms with Gasteiger partial charge < -0.3 is 11.1 Å². The summed E-state index contributed by atoms with van der Waals surface area (Å²) in [6, 6.07) is 21.1. The van der Waals surface area contributed by atoms with Gasteiger partial charge in [-0.25, -0.2) is 4.52 Å². The van der Waals surface area contributed by atoms with Crippen LogP contribution in [-0.2, 0) is 4.57 Å².